The number of hydrogen-bond donors (Lipinski definition) is 1. The molecule has 0 saturated heterocycles. The molecule has 0 fully saturated rings. The molecule has 0 aromatic heterocycles. The molecule has 1 N–H and O–H groups in total. The van der Waals surface area contributed by atoms with E-state index in [9.17, 15) is 4.79 Å². The fourth-order valence-corrected chi connectivity index (χ4v) is 2.64. The molecule has 0 aliphatic heterocycles. The Balaban J connectivity index is 1.96. The zero-order valence-corrected chi connectivity index (χ0v) is 15.1. The number of carbonyl (C=O) groups excluding carboxylic acids is 1. The number of benzene rings is 2. The Morgan fingerprint density at radius 3 is 2.50 bits per heavy atom. The molecule has 0 heterocycles. The lowest BCUT2D eigenvalue weighted by Gasteiger charge is -2.18. The minimum atomic E-state index is -0.0210. The third-order valence-corrected chi connectivity index (χ3v) is 4.08. The summed E-state index contributed by atoms with van der Waals surface area (Å²) in [7, 11) is 3.60. The van der Waals surface area contributed by atoms with Crippen LogP contribution in [-0.4, -0.2) is 31.5 Å². The number of ether oxygens (including phenoxy) is 1. The van der Waals surface area contributed by atoms with Gasteiger partial charge in [0.05, 0.1) is 13.7 Å². The minimum absolute atomic E-state index is 0.0210. The SMILES string of the molecule is COc1ccc(C)cc1CN(C)CC(=O)Nc1ccc(C)c(C)c1. The van der Waals surface area contributed by atoms with Crippen LogP contribution in [0.5, 0.6) is 5.75 Å². The maximum Gasteiger partial charge on any atom is 0.238 e. The van der Waals surface area contributed by atoms with Crippen LogP contribution in [0.15, 0.2) is 36.4 Å². The van der Waals surface area contributed by atoms with E-state index < -0.39 is 0 Å². The number of nitrogens with one attached hydrogen (secondary N) is 1. The summed E-state index contributed by atoms with van der Waals surface area (Å²) in [6, 6.07) is 12.0. The van der Waals surface area contributed by atoms with Crippen molar-refractivity contribution < 1.29 is 9.53 Å². The fraction of sp³-hybridized carbons (Fsp3) is 0.350. The summed E-state index contributed by atoms with van der Waals surface area (Å²) < 4.78 is 5.40. The smallest absolute Gasteiger partial charge is 0.238 e. The van der Waals surface area contributed by atoms with Gasteiger partial charge in [-0.2, -0.15) is 0 Å². The van der Waals surface area contributed by atoms with Crippen LogP contribution in [-0.2, 0) is 11.3 Å². The van der Waals surface area contributed by atoms with Gasteiger partial charge >= 0.3 is 0 Å². The van der Waals surface area contributed by atoms with Crippen LogP contribution in [0.25, 0.3) is 0 Å². The quantitative estimate of drug-likeness (QED) is 0.880. The van der Waals surface area contributed by atoms with E-state index in [-0.39, 0.29) is 5.91 Å². The number of carbonyl (C=O) groups is 1. The van der Waals surface area contributed by atoms with Crippen molar-refractivity contribution in [3.63, 3.8) is 0 Å². The van der Waals surface area contributed by atoms with E-state index in [1.165, 1.54) is 16.7 Å². The lowest BCUT2D eigenvalue weighted by atomic mass is 10.1. The van der Waals surface area contributed by atoms with Crippen molar-refractivity contribution in [1.29, 1.82) is 0 Å². The Bertz CT molecular complexity index is 726. The van der Waals surface area contributed by atoms with Gasteiger partial charge in [-0.25, -0.2) is 0 Å². The molecule has 4 heteroatoms. The molecule has 0 saturated carbocycles. The van der Waals surface area contributed by atoms with Gasteiger partial charge in [0.25, 0.3) is 0 Å². The van der Waals surface area contributed by atoms with Gasteiger partial charge in [-0.3, -0.25) is 9.69 Å². The number of methoxy groups -OCH3 is 1. The average molecular weight is 326 g/mol. The predicted octanol–water partition coefficient (Wildman–Crippen LogP) is 3.69. The van der Waals surface area contributed by atoms with Crippen molar-refractivity contribution in [1.82, 2.24) is 4.90 Å². The van der Waals surface area contributed by atoms with E-state index in [4.69, 9.17) is 4.74 Å². The van der Waals surface area contributed by atoms with Gasteiger partial charge in [0, 0.05) is 17.8 Å². The third-order valence-electron chi connectivity index (χ3n) is 4.08. The second kappa shape index (κ2) is 7.97. The van der Waals surface area contributed by atoms with Crippen molar-refractivity contribution in [3.05, 3.63) is 58.7 Å². The Morgan fingerprint density at radius 1 is 1.08 bits per heavy atom. The Morgan fingerprint density at radius 2 is 1.83 bits per heavy atom. The molecule has 0 atom stereocenters. The highest BCUT2D eigenvalue weighted by Gasteiger charge is 2.11. The molecule has 0 radical (unpaired) electrons. The highest BCUT2D eigenvalue weighted by molar-refractivity contribution is 5.92. The summed E-state index contributed by atoms with van der Waals surface area (Å²) in [5, 5.41) is 2.95. The first-order valence-corrected chi connectivity index (χ1v) is 8.08. The van der Waals surface area contributed by atoms with Crippen LogP contribution in [0.1, 0.15) is 22.3 Å². The van der Waals surface area contributed by atoms with Gasteiger partial charge in [-0.1, -0.05) is 23.8 Å². The van der Waals surface area contributed by atoms with Gasteiger partial charge in [0.15, 0.2) is 0 Å². The van der Waals surface area contributed by atoms with E-state index in [0.717, 1.165) is 17.0 Å². The summed E-state index contributed by atoms with van der Waals surface area (Å²) in [5.74, 6) is 0.828. The Kier molecular flexibility index (Phi) is 5.99. The molecular formula is C20H26N2O2. The van der Waals surface area contributed by atoms with E-state index >= 15 is 0 Å². The highest BCUT2D eigenvalue weighted by atomic mass is 16.5. The summed E-state index contributed by atoms with van der Waals surface area (Å²) in [5.41, 5.74) is 5.49. The molecule has 0 unspecified atom stereocenters. The first-order chi connectivity index (χ1) is 11.4. The topological polar surface area (TPSA) is 41.6 Å². The zero-order chi connectivity index (χ0) is 17.7. The van der Waals surface area contributed by atoms with Crippen molar-refractivity contribution in [3.8, 4) is 5.75 Å². The van der Waals surface area contributed by atoms with Crippen LogP contribution in [0.3, 0.4) is 0 Å². The first-order valence-electron chi connectivity index (χ1n) is 8.08. The maximum absolute atomic E-state index is 12.2. The van der Waals surface area contributed by atoms with Crippen molar-refractivity contribution in [2.45, 2.75) is 27.3 Å². The second-order valence-corrected chi connectivity index (χ2v) is 6.33. The Hall–Kier alpha value is -2.33. The molecule has 0 aliphatic carbocycles. The summed E-state index contributed by atoms with van der Waals surface area (Å²) in [4.78, 5) is 14.2. The third kappa shape index (κ3) is 4.83. The van der Waals surface area contributed by atoms with Crippen molar-refractivity contribution in [2.24, 2.45) is 0 Å². The molecule has 2 aromatic carbocycles. The molecular weight excluding hydrogens is 300 g/mol. The fourth-order valence-electron chi connectivity index (χ4n) is 2.64. The second-order valence-electron chi connectivity index (χ2n) is 6.33. The van der Waals surface area contributed by atoms with Crippen molar-refractivity contribution in [2.75, 3.05) is 26.0 Å². The molecule has 2 aromatic rings. The van der Waals surface area contributed by atoms with Gasteiger partial charge in [0.1, 0.15) is 5.75 Å². The molecule has 0 aliphatic rings. The number of nitrogens with zero attached hydrogens (tertiary/aromatic N) is 1. The number of hydrogen-bond acceptors (Lipinski definition) is 3. The number of likely N-dealkylation sites (N-methyl/N-ethyl adjacent to an activating group) is 1. The van der Waals surface area contributed by atoms with E-state index in [2.05, 4.69) is 25.2 Å². The average Bonchev–Trinajstić information content (AvgIpc) is 2.51. The predicted molar refractivity (Wildman–Crippen MR) is 98.6 cm³/mol. The molecule has 24 heavy (non-hydrogen) atoms. The van der Waals surface area contributed by atoms with Crippen LogP contribution >= 0.6 is 0 Å². The van der Waals surface area contributed by atoms with E-state index in [0.29, 0.717) is 13.1 Å². The Labute approximate surface area is 144 Å². The zero-order valence-electron chi connectivity index (χ0n) is 15.1. The van der Waals surface area contributed by atoms with Gasteiger partial charge in [-0.15, -0.1) is 0 Å². The lowest BCUT2D eigenvalue weighted by Crippen LogP contribution is -2.30. The maximum atomic E-state index is 12.2. The van der Waals surface area contributed by atoms with Crippen molar-refractivity contribution >= 4 is 11.6 Å². The largest absolute Gasteiger partial charge is 0.496 e. The first kappa shape index (κ1) is 18.0. The number of rotatable bonds is 6. The van der Waals surface area contributed by atoms with Crippen LogP contribution < -0.4 is 10.1 Å². The molecule has 0 bridgehead atoms. The molecule has 0 spiro atoms. The monoisotopic (exact) mass is 326 g/mol. The van der Waals surface area contributed by atoms with Gasteiger partial charge < -0.3 is 10.1 Å². The summed E-state index contributed by atoms with van der Waals surface area (Å²) in [6.07, 6.45) is 0. The number of anilines is 1. The lowest BCUT2D eigenvalue weighted by molar-refractivity contribution is -0.117. The molecule has 128 valence electrons. The van der Waals surface area contributed by atoms with Gasteiger partial charge in [0.2, 0.25) is 5.91 Å². The van der Waals surface area contributed by atoms with Gasteiger partial charge in [-0.05, 0) is 57.1 Å². The molecule has 1 amide bonds. The summed E-state index contributed by atoms with van der Waals surface area (Å²) >= 11 is 0. The van der Waals surface area contributed by atoms with Crippen LogP contribution in [0.2, 0.25) is 0 Å². The van der Waals surface area contributed by atoms with Crippen LogP contribution in [0, 0.1) is 20.8 Å². The van der Waals surface area contributed by atoms with E-state index in [1.807, 2.05) is 49.2 Å². The highest BCUT2D eigenvalue weighted by Crippen LogP contribution is 2.21. The molecule has 4 nitrogen and oxygen atoms in total. The number of aryl methyl sites for hydroxylation is 3. The minimum Gasteiger partial charge on any atom is -0.496 e. The van der Waals surface area contributed by atoms with E-state index in [1.54, 1.807) is 7.11 Å². The number of amides is 1. The van der Waals surface area contributed by atoms with Crippen LogP contribution in [0.4, 0.5) is 5.69 Å². The standard InChI is InChI=1S/C20H26N2O2/c1-14-6-9-19(24-5)17(10-14)12-22(4)13-20(23)21-18-8-7-15(2)16(3)11-18/h6-11H,12-13H2,1-5H3,(H,21,23). The molecule has 2 rings (SSSR count). The normalized spacial score (nSPS) is 10.8. The summed E-state index contributed by atoms with van der Waals surface area (Å²) in [6.45, 7) is 7.13.